The van der Waals surface area contributed by atoms with Crippen LogP contribution in [-0.4, -0.2) is 0 Å². The smallest absolute Gasteiger partial charge is 0.0414 e. The van der Waals surface area contributed by atoms with E-state index >= 15 is 0 Å². The quantitative estimate of drug-likeness (QED) is 0.151. The highest BCUT2D eigenvalue weighted by atomic mass is 14.1. The number of rotatable bonds is 23. The average Bonchev–Trinajstić information content (AvgIpc) is 2.68. The third kappa shape index (κ3) is 22.3. The Hall–Kier alpha value is 0. The van der Waals surface area contributed by atoms with E-state index in [2.05, 4.69) is 27.7 Å². The first-order valence-corrected chi connectivity index (χ1v) is 13.5. The minimum atomic E-state index is 0.708. The zero-order chi connectivity index (χ0) is 20.7. The van der Waals surface area contributed by atoms with Gasteiger partial charge in [0.1, 0.15) is 0 Å². The third-order valence-electron chi connectivity index (χ3n) is 6.58. The molecule has 2 atom stereocenters. The first-order chi connectivity index (χ1) is 13.7. The fourth-order valence-electron chi connectivity index (χ4n) is 4.41. The summed E-state index contributed by atoms with van der Waals surface area (Å²) in [7, 11) is 0. The summed E-state index contributed by atoms with van der Waals surface area (Å²) >= 11 is 0. The number of hydrogen-bond acceptors (Lipinski definition) is 0. The molecule has 0 aromatic carbocycles. The maximum absolute atomic E-state index is 4.42. The van der Waals surface area contributed by atoms with Gasteiger partial charge in [-0.15, -0.1) is 0 Å². The zero-order valence-electron chi connectivity index (χ0n) is 20.4. The zero-order valence-corrected chi connectivity index (χ0v) is 20.4. The summed E-state index contributed by atoms with van der Waals surface area (Å²) in [6.07, 6.45) is 31.5. The summed E-state index contributed by atoms with van der Waals surface area (Å²) in [6.45, 7) is 11.5. The van der Waals surface area contributed by atoms with E-state index in [1.165, 1.54) is 141 Å². The molecule has 0 aliphatic carbocycles. The first-order valence-electron chi connectivity index (χ1n) is 13.5. The van der Waals surface area contributed by atoms with E-state index in [0.717, 1.165) is 5.92 Å². The van der Waals surface area contributed by atoms with Crippen LogP contribution in [0.1, 0.15) is 162 Å². The first kappa shape index (κ1) is 28.0. The van der Waals surface area contributed by atoms with E-state index in [1.54, 1.807) is 0 Å². The molecule has 2 unspecified atom stereocenters. The van der Waals surface area contributed by atoms with E-state index in [0.29, 0.717) is 5.92 Å². The predicted molar refractivity (Wildman–Crippen MR) is 131 cm³/mol. The van der Waals surface area contributed by atoms with E-state index in [4.69, 9.17) is 0 Å². The molecule has 0 nitrogen and oxygen atoms in total. The minimum absolute atomic E-state index is 0.708. The summed E-state index contributed by atoms with van der Waals surface area (Å²) in [5.74, 6) is 1.64. The summed E-state index contributed by atoms with van der Waals surface area (Å²) in [6, 6.07) is 0. The van der Waals surface area contributed by atoms with Gasteiger partial charge in [0.05, 0.1) is 0 Å². The molecule has 0 rings (SSSR count). The van der Waals surface area contributed by atoms with Crippen molar-refractivity contribution < 1.29 is 0 Å². The molecule has 0 N–H and O–H groups in total. The molecule has 169 valence electrons. The van der Waals surface area contributed by atoms with Gasteiger partial charge in [0, 0.05) is 0 Å². The molecule has 0 aromatic rings. The van der Waals surface area contributed by atoms with Crippen LogP contribution in [0.3, 0.4) is 0 Å². The van der Waals surface area contributed by atoms with Crippen molar-refractivity contribution >= 4 is 0 Å². The molecule has 0 aliphatic rings. The van der Waals surface area contributed by atoms with Gasteiger partial charge >= 0.3 is 0 Å². The van der Waals surface area contributed by atoms with E-state index in [1.807, 2.05) is 0 Å². The summed E-state index contributed by atoms with van der Waals surface area (Å²) in [5.41, 5.74) is 0. The molecule has 0 heteroatoms. The monoisotopic (exact) mass is 393 g/mol. The summed E-state index contributed by atoms with van der Waals surface area (Å²) in [4.78, 5) is 0. The van der Waals surface area contributed by atoms with Crippen LogP contribution in [0.25, 0.3) is 0 Å². The van der Waals surface area contributed by atoms with E-state index < -0.39 is 0 Å². The van der Waals surface area contributed by atoms with Crippen LogP contribution in [0.4, 0.5) is 0 Å². The van der Waals surface area contributed by atoms with Gasteiger partial charge in [-0.3, -0.25) is 0 Å². The Labute approximate surface area is 181 Å². The van der Waals surface area contributed by atoms with Crippen molar-refractivity contribution in [3.05, 3.63) is 6.92 Å². The lowest BCUT2D eigenvalue weighted by Crippen LogP contribution is -1.99. The van der Waals surface area contributed by atoms with Crippen LogP contribution in [0.15, 0.2) is 0 Å². The third-order valence-corrected chi connectivity index (χ3v) is 6.58. The summed E-state index contributed by atoms with van der Waals surface area (Å²) < 4.78 is 0. The molecule has 0 bridgehead atoms. The fraction of sp³-hybridized carbons (Fsp3) is 0.964. The Morgan fingerprint density at radius 2 is 0.750 bits per heavy atom. The van der Waals surface area contributed by atoms with Gasteiger partial charge in [-0.05, 0) is 11.8 Å². The van der Waals surface area contributed by atoms with Crippen molar-refractivity contribution in [3.8, 4) is 0 Å². The lowest BCUT2D eigenvalue weighted by atomic mass is 9.92. The standard InChI is InChI=1S/C28H57/c1-5-7-9-11-13-14-15-17-19-21-24-28(4)26-22-25-27(3)23-20-18-16-12-10-8-6-2/h27-28H,4-26H2,1-3H3. The molecule has 0 aromatic heterocycles. The van der Waals surface area contributed by atoms with Gasteiger partial charge in [-0.2, -0.15) is 0 Å². The molecule has 0 amide bonds. The van der Waals surface area contributed by atoms with Crippen molar-refractivity contribution in [2.24, 2.45) is 11.8 Å². The second kappa shape index (κ2) is 23.3. The van der Waals surface area contributed by atoms with Gasteiger partial charge < -0.3 is 0 Å². The number of hydrogen-bond donors (Lipinski definition) is 0. The minimum Gasteiger partial charge on any atom is -0.0654 e. The molecule has 28 heavy (non-hydrogen) atoms. The lowest BCUT2D eigenvalue weighted by Gasteiger charge is -2.14. The highest BCUT2D eigenvalue weighted by Gasteiger charge is 2.06. The van der Waals surface area contributed by atoms with Crippen molar-refractivity contribution in [2.75, 3.05) is 0 Å². The lowest BCUT2D eigenvalue weighted by molar-refractivity contribution is 0.406. The van der Waals surface area contributed by atoms with E-state index in [9.17, 15) is 0 Å². The van der Waals surface area contributed by atoms with Crippen molar-refractivity contribution in [2.45, 2.75) is 162 Å². The highest BCUT2D eigenvalue weighted by molar-refractivity contribution is 4.64. The highest BCUT2D eigenvalue weighted by Crippen LogP contribution is 2.21. The Kier molecular flexibility index (Phi) is 23.3. The molecule has 0 fully saturated rings. The molecule has 0 aliphatic heterocycles. The average molecular weight is 394 g/mol. The predicted octanol–water partition coefficient (Wildman–Crippen LogP) is 10.7. The van der Waals surface area contributed by atoms with Crippen LogP contribution in [0.5, 0.6) is 0 Å². The normalized spacial score (nSPS) is 13.7. The fourth-order valence-corrected chi connectivity index (χ4v) is 4.41. The van der Waals surface area contributed by atoms with Gasteiger partial charge in [0.2, 0.25) is 0 Å². The molecule has 0 saturated heterocycles. The summed E-state index contributed by atoms with van der Waals surface area (Å²) in [5, 5.41) is 0. The molecule has 1 radical (unpaired) electrons. The van der Waals surface area contributed by atoms with Crippen molar-refractivity contribution in [3.63, 3.8) is 0 Å². The Morgan fingerprint density at radius 3 is 1.21 bits per heavy atom. The Morgan fingerprint density at radius 1 is 0.429 bits per heavy atom. The van der Waals surface area contributed by atoms with Gasteiger partial charge in [-0.25, -0.2) is 0 Å². The molecule has 0 saturated carbocycles. The SMILES string of the molecule is [CH2]C(CCCCCCCCCCCC)CCCC(C)CCCCCCCCC. The van der Waals surface area contributed by atoms with E-state index in [-0.39, 0.29) is 0 Å². The second-order valence-corrected chi connectivity index (χ2v) is 9.78. The second-order valence-electron chi connectivity index (χ2n) is 9.78. The van der Waals surface area contributed by atoms with Crippen LogP contribution < -0.4 is 0 Å². The maximum atomic E-state index is 4.42. The topological polar surface area (TPSA) is 0 Å². The van der Waals surface area contributed by atoms with Crippen LogP contribution in [0, 0.1) is 18.8 Å². The molecule has 0 spiro atoms. The van der Waals surface area contributed by atoms with Crippen molar-refractivity contribution in [1.29, 1.82) is 0 Å². The maximum Gasteiger partial charge on any atom is -0.0414 e. The molecular formula is C28H57. The molecule has 0 heterocycles. The van der Waals surface area contributed by atoms with Crippen molar-refractivity contribution in [1.82, 2.24) is 0 Å². The molecular weight excluding hydrogens is 336 g/mol. The van der Waals surface area contributed by atoms with Gasteiger partial charge in [-0.1, -0.05) is 169 Å². The van der Waals surface area contributed by atoms with Gasteiger partial charge in [0.15, 0.2) is 0 Å². The van der Waals surface area contributed by atoms with Crippen LogP contribution in [0.2, 0.25) is 0 Å². The number of unbranched alkanes of at least 4 members (excludes halogenated alkanes) is 15. The van der Waals surface area contributed by atoms with Crippen LogP contribution >= 0.6 is 0 Å². The largest absolute Gasteiger partial charge is 0.0654 e. The Bertz CT molecular complexity index is 269. The van der Waals surface area contributed by atoms with Crippen LogP contribution in [-0.2, 0) is 0 Å². The van der Waals surface area contributed by atoms with Gasteiger partial charge in [0.25, 0.3) is 0 Å². The Balaban J connectivity index is 3.28.